The molecular weight excluding hydrogens is 206 g/mol. The Bertz CT molecular complexity index is 361. The van der Waals surface area contributed by atoms with E-state index in [4.69, 9.17) is 10.5 Å². The van der Waals surface area contributed by atoms with Crippen LogP contribution in [0.2, 0.25) is 0 Å². The van der Waals surface area contributed by atoms with Gasteiger partial charge < -0.3 is 10.5 Å². The fourth-order valence-electron chi connectivity index (χ4n) is 2.04. The molecule has 1 aliphatic carbocycles. The smallest absolute Gasteiger partial charge is 0.136 e. The Labute approximate surface area is 95.2 Å². The van der Waals surface area contributed by atoms with Crippen molar-refractivity contribution in [2.75, 3.05) is 19.9 Å². The molecule has 0 spiro atoms. The van der Waals surface area contributed by atoms with Gasteiger partial charge >= 0.3 is 0 Å². The molecule has 82 valence electrons. The van der Waals surface area contributed by atoms with E-state index in [-0.39, 0.29) is 5.41 Å². The van der Waals surface area contributed by atoms with Crippen LogP contribution < -0.4 is 10.5 Å². The summed E-state index contributed by atoms with van der Waals surface area (Å²) >= 11 is 1.72. The van der Waals surface area contributed by atoms with Crippen LogP contribution in [-0.2, 0) is 5.41 Å². The van der Waals surface area contributed by atoms with Crippen molar-refractivity contribution in [3.05, 3.63) is 23.8 Å². The molecule has 0 amide bonds. The van der Waals surface area contributed by atoms with Crippen LogP contribution in [0.4, 0.5) is 0 Å². The van der Waals surface area contributed by atoms with E-state index in [0.29, 0.717) is 0 Å². The van der Waals surface area contributed by atoms with E-state index >= 15 is 0 Å². The standard InChI is InChI=1S/C12H17NOS/c1-14-11-9(12(8-13)6-7-12)4-3-5-10(11)15-2/h3-5H,6-8,13H2,1-2H3. The Morgan fingerprint density at radius 2 is 2.20 bits per heavy atom. The van der Waals surface area contributed by atoms with Crippen LogP contribution in [0.25, 0.3) is 0 Å². The minimum absolute atomic E-state index is 0.205. The summed E-state index contributed by atoms with van der Waals surface area (Å²) < 4.78 is 5.52. The molecule has 0 heterocycles. The number of methoxy groups -OCH3 is 1. The summed E-state index contributed by atoms with van der Waals surface area (Å²) in [5.41, 5.74) is 7.35. The lowest BCUT2D eigenvalue weighted by Crippen LogP contribution is -2.20. The number of hydrogen-bond acceptors (Lipinski definition) is 3. The number of rotatable bonds is 4. The first-order valence-corrected chi connectivity index (χ1v) is 6.41. The first kappa shape index (κ1) is 10.8. The van der Waals surface area contributed by atoms with Crippen molar-refractivity contribution in [1.82, 2.24) is 0 Å². The van der Waals surface area contributed by atoms with Crippen molar-refractivity contribution in [2.45, 2.75) is 23.2 Å². The summed E-state index contributed by atoms with van der Waals surface area (Å²) in [6.07, 6.45) is 4.46. The predicted molar refractivity (Wildman–Crippen MR) is 64.7 cm³/mol. The van der Waals surface area contributed by atoms with Gasteiger partial charge in [0, 0.05) is 22.4 Å². The van der Waals surface area contributed by atoms with Crippen molar-refractivity contribution >= 4 is 11.8 Å². The molecule has 3 heteroatoms. The Morgan fingerprint density at radius 1 is 1.47 bits per heavy atom. The normalized spacial score (nSPS) is 17.5. The summed E-state index contributed by atoms with van der Waals surface area (Å²) in [4.78, 5) is 1.20. The molecular formula is C12H17NOS. The summed E-state index contributed by atoms with van der Waals surface area (Å²) in [6, 6.07) is 6.34. The molecule has 2 N–H and O–H groups in total. The largest absolute Gasteiger partial charge is 0.495 e. The number of ether oxygens (including phenoxy) is 1. The van der Waals surface area contributed by atoms with E-state index in [1.165, 1.54) is 23.3 Å². The second-order valence-electron chi connectivity index (χ2n) is 4.03. The third-order valence-electron chi connectivity index (χ3n) is 3.22. The van der Waals surface area contributed by atoms with Crippen molar-refractivity contribution in [3.8, 4) is 5.75 Å². The van der Waals surface area contributed by atoms with E-state index in [9.17, 15) is 0 Å². The summed E-state index contributed by atoms with van der Waals surface area (Å²) in [7, 11) is 1.74. The summed E-state index contributed by atoms with van der Waals surface area (Å²) in [5, 5.41) is 0. The first-order chi connectivity index (χ1) is 7.27. The van der Waals surface area contributed by atoms with Gasteiger partial charge in [-0.3, -0.25) is 0 Å². The highest BCUT2D eigenvalue weighted by Crippen LogP contribution is 2.52. The van der Waals surface area contributed by atoms with Gasteiger partial charge in [-0.05, 0) is 25.2 Å². The fourth-order valence-corrected chi connectivity index (χ4v) is 2.63. The van der Waals surface area contributed by atoms with Gasteiger partial charge in [0.2, 0.25) is 0 Å². The molecule has 1 aliphatic rings. The number of hydrogen-bond donors (Lipinski definition) is 1. The van der Waals surface area contributed by atoms with Crippen molar-refractivity contribution < 1.29 is 4.74 Å². The van der Waals surface area contributed by atoms with E-state index < -0.39 is 0 Å². The molecule has 0 bridgehead atoms. The third-order valence-corrected chi connectivity index (χ3v) is 3.98. The molecule has 2 nitrogen and oxygen atoms in total. The molecule has 0 radical (unpaired) electrons. The second kappa shape index (κ2) is 4.06. The Hall–Kier alpha value is -0.670. The minimum Gasteiger partial charge on any atom is -0.495 e. The Kier molecular flexibility index (Phi) is 2.94. The van der Waals surface area contributed by atoms with E-state index in [2.05, 4.69) is 24.5 Å². The number of nitrogens with two attached hydrogens (primary N) is 1. The van der Waals surface area contributed by atoms with Crippen LogP contribution in [-0.4, -0.2) is 19.9 Å². The van der Waals surface area contributed by atoms with Crippen molar-refractivity contribution in [3.63, 3.8) is 0 Å². The van der Waals surface area contributed by atoms with Crippen LogP contribution in [0.1, 0.15) is 18.4 Å². The molecule has 0 atom stereocenters. The van der Waals surface area contributed by atoms with Crippen LogP contribution in [0.3, 0.4) is 0 Å². The molecule has 0 unspecified atom stereocenters. The first-order valence-electron chi connectivity index (χ1n) is 5.19. The molecule has 1 saturated carbocycles. The monoisotopic (exact) mass is 223 g/mol. The van der Waals surface area contributed by atoms with Crippen molar-refractivity contribution in [1.29, 1.82) is 0 Å². The summed E-state index contributed by atoms with van der Waals surface area (Å²) in [5.74, 6) is 1.02. The van der Waals surface area contributed by atoms with E-state index in [0.717, 1.165) is 12.3 Å². The predicted octanol–water partition coefficient (Wildman–Crippen LogP) is 2.41. The maximum Gasteiger partial charge on any atom is 0.136 e. The maximum atomic E-state index is 5.85. The molecule has 1 fully saturated rings. The topological polar surface area (TPSA) is 35.2 Å². The average molecular weight is 223 g/mol. The molecule has 1 aromatic carbocycles. The zero-order valence-electron chi connectivity index (χ0n) is 9.25. The van der Waals surface area contributed by atoms with Gasteiger partial charge in [-0.2, -0.15) is 0 Å². The Morgan fingerprint density at radius 3 is 2.67 bits per heavy atom. The zero-order valence-corrected chi connectivity index (χ0v) is 10.1. The molecule has 2 rings (SSSR count). The SMILES string of the molecule is COc1c(SC)cccc1C1(CN)CC1. The van der Waals surface area contributed by atoms with Gasteiger partial charge in [0.25, 0.3) is 0 Å². The molecule has 0 saturated heterocycles. The van der Waals surface area contributed by atoms with E-state index in [1.807, 2.05) is 0 Å². The minimum atomic E-state index is 0.205. The highest BCUT2D eigenvalue weighted by molar-refractivity contribution is 7.98. The van der Waals surface area contributed by atoms with Gasteiger partial charge in [-0.25, -0.2) is 0 Å². The van der Waals surface area contributed by atoms with Crippen LogP contribution >= 0.6 is 11.8 Å². The third kappa shape index (κ3) is 1.74. The lowest BCUT2D eigenvalue weighted by Gasteiger charge is -2.18. The lowest BCUT2D eigenvalue weighted by molar-refractivity contribution is 0.394. The molecule has 0 aromatic heterocycles. The van der Waals surface area contributed by atoms with Crippen LogP contribution in [0.5, 0.6) is 5.75 Å². The van der Waals surface area contributed by atoms with E-state index in [1.54, 1.807) is 18.9 Å². The molecule has 0 aliphatic heterocycles. The molecule has 1 aromatic rings. The van der Waals surface area contributed by atoms with Gasteiger partial charge in [-0.15, -0.1) is 11.8 Å². The van der Waals surface area contributed by atoms with Gasteiger partial charge in [0.1, 0.15) is 5.75 Å². The quantitative estimate of drug-likeness (QED) is 0.796. The average Bonchev–Trinajstić information content (AvgIpc) is 3.08. The van der Waals surface area contributed by atoms with Crippen LogP contribution in [0, 0.1) is 0 Å². The number of thioether (sulfide) groups is 1. The number of para-hydroxylation sites is 1. The highest BCUT2D eigenvalue weighted by atomic mass is 32.2. The van der Waals surface area contributed by atoms with Crippen LogP contribution in [0.15, 0.2) is 23.1 Å². The summed E-state index contributed by atoms with van der Waals surface area (Å²) in [6.45, 7) is 0.723. The zero-order chi connectivity index (χ0) is 10.9. The highest BCUT2D eigenvalue weighted by Gasteiger charge is 2.45. The fraction of sp³-hybridized carbons (Fsp3) is 0.500. The number of benzene rings is 1. The van der Waals surface area contributed by atoms with Gasteiger partial charge in [0.15, 0.2) is 0 Å². The van der Waals surface area contributed by atoms with Gasteiger partial charge in [0.05, 0.1) is 7.11 Å². The molecule has 15 heavy (non-hydrogen) atoms. The lowest BCUT2D eigenvalue weighted by atomic mass is 9.95. The van der Waals surface area contributed by atoms with Gasteiger partial charge in [-0.1, -0.05) is 12.1 Å². The van der Waals surface area contributed by atoms with Crippen molar-refractivity contribution in [2.24, 2.45) is 5.73 Å². The maximum absolute atomic E-state index is 5.85. The second-order valence-corrected chi connectivity index (χ2v) is 4.87. The Balaban J connectivity index is 2.47.